The highest BCUT2D eigenvalue weighted by molar-refractivity contribution is 8.09. The van der Waals surface area contributed by atoms with Gasteiger partial charge in [-0.05, 0) is 31.6 Å². The first-order chi connectivity index (χ1) is 10.7. The second-order valence-electron chi connectivity index (χ2n) is 5.23. The van der Waals surface area contributed by atoms with Gasteiger partial charge >= 0.3 is 6.64 Å². The molecule has 1 atom stereocenters. The molecule has 0 amide bonds. The van der Waals surface area contributed by atoms with Gasteiger partial charge in [-0.2, -0.15) is 0 Å². The minimum Gasteiger partial charge on any atom is -0.429 e. The lowest BCUT2D eigenvalue weighted by atomic mass is 10.4. The molecule has 3 rings (SSSR count). The summed E-state index contributed by atoms with van der Waals surface area (Å²) in [6.45, 7) is 2.94. The molecular weight excluding hydrogens is 323 g/mol. The number of anilines is 1. The number of nitrogens with zero attached hydrogens (tertiary/aromatic N) is 3. The normalized spacial score (nSPS) is 21.4. The summed E-state index contributed by atoms with van der Waals surface area (Å²) in [5.74, 6) is 1.23. The highest BCUT2D eigenvalue weighted by Gasteiger charge is 2.31. The van der Waals surface area contributed by atoms with Gasteiger partial charge in [0.15, 0.2) is 5.75 Å². The molecule has 0 bridgehead atoms. The van der Waals surface area contributed by atoms with Crippen LogP contribution >= 0.6 is 6.64 Å². The quantitative estimate of drug-likeness (QED) is 0.750. The lowest BCUT2D eigenvalue weighted by Crippen LogP contribution is -2.37. The van der Waals surface area contributed by atoms with Gasteiger partial charge in [0.25, 0.3) is 0 Å². The fourth-order valence-electron chi connectivity index (χ4n) is 2.12. The Hall–Kier alpha value is -0.790. The van der Waals surface area contributed by atoms with E-state index in [-0.39, 0.29) is 0 Å². The summed E-state index contributed by atoms with van der Waals surface area (Å²) in [4.78, 5) is 10.8. The Balaban J connectivity index is 1.64. The van der Waals surface area contributed by atoms with E-state index in [1.54, 1.807) is 12.4 Å². The molecule has 2 aliphatic rings. The first-order valence-electron chi connectivity index (χ1n) is 7.55. The third kappa shape index (κ3) is 4.36. The molecule has 1 N–H and O–H groups in total. The van der Waals surface area contributed by atoms with Gasteiger partial charge in [0, 0.05) is 19.1 Å². The Bertz CT molecular complexity index is 535. The van der Waals surface area contributed by atoms with Crippen LogP contribution in [0.5, 0.6) is 5.75 Å². The van der Waals surface area contributed by atoms with Crippen LogP contribution in [0.1, 0.15) is 19.8 Å². The zero-order valence-corrected chi connectivity index (χ0v) is 14.3. The highest BCUT2D eigenvalue weighted by Crippen LogP contribution is 2.47. The van der Waals surface area contributed by atoms with Gasteiger partial charge in [0.05, 0.1) is 32.2 Å². The van der Waals surface area contributed by atoms with E-state index in [1.807, 2.05) is 6.92 Å². The van der Waals surface area contributed by atoms with Crippen LogP contribution in [-0.4, -0.2) is 48.9 Å². The molecule has 2 heterocycles. The maximum absolute atomic E-state index is 5.86. The van der Waals surface area contributed by atoms with Gasteiger partial charge in [-0.15, -0.1) is 0 Å². The second kappa shape index (κ2) is 7.19. The maximum Gasteiger partial charge on any atom is 0.313 e. The summed E-state index contributed by atoms with van der Waals surface area (Å²) < 4.78 is 16.8. The number of hydrogen-bond acceptors (Lipinski definition) is 7. The van der Waals surface area contributed by atoms with Gasteiger partial charge in [0.2, 0.25) is 5.95 Å². The Morgan fingerprint density at radius 2 is 2.05 bits per heavy atom. The number of morpholine rings is 1. The van der Waals surface area contributed by atoms with E-state index in [2.05, 4.69) is 20.0 Å². The van der Waals surface area contributed by atoms with Crippen molar-refractivity contribution in [2.24, 2.45) is 0 Å². The predicted molar refractivity (Wildman–Crippen MR) is 87.8 cm³/mol. The molecule has 122 valence electrons. The zero-order valence-electron chi connectivity index (χ0n) is 12.6. The summed E-state index contributed by atoms with van der Waals surface area (Å²) >= 11 is 5.53. The number of hydrogen-bond donors (Lipinski definition) is 1. The molecule has 0 spiro atoms. The zero-order chi connectivity index (χ0) is 15.4. The molecule has 2 fully saturated rings. The molecule has 1 aromatic rings. The van der Waals surface area contributed by atoms with Crippen LogP contribution in [0, 0.1) is 0 Å². The molecule has 7 nitrogen and oxygen atoms in total. The van der Waals surface area contributed by atoms with E-state index in [4.69, 9.17) is 25.6 Å². The van der Waals surface area contributed by atoms with Crippen LogP contribution in [0.4, 0.5) is 5.95 Å². The Kier molecular flexibility index (Phi) is 5.25. The highest BCUT2D eigenvalue weighted by atomic mass is 32.5. The molecule has 1 aromatic heterocycles. The average molecular weight is 344 g/mol. The standard InChI is InChI=1S/C13H21N4O3PS/c1-2-19-21(22,16-11-3-4-11)20-12-9-14-13(15-10-12)17-5-7-18-8-6-17/h9-11H,2-8H2,1H3,(H,16,22). The lowest BCUT2D eigenvalue weighted by molar-refractivity contribution is 0.122. The second-order valence-corrected chi connectivity index (χ2v) is 8.36. The molecule has 22 heavy (non-hydrogen) atoms. The largest absolute Gasteiger partial charge is 0.429 e. The monoisotopic (exact) mass is 344 g/mol. The van der Waals surface area contributed by atoms with E-state index < -0.39 is 6.64 Å². The van der Waals surface area contributed by atoms with Crippen LogP contribution in [0.3, 0.4) is 0 Å². The molecule has 0 radical (unpaired) electrons. The summed E-state index contributed by atoms with van der Waals surface area (Å²) in [5, 5.41) is 3.29. The van der Waals surface area contributed by atoms with Crippen molar-refractivity contribution < 1.29 is 13.8 Å². The van der Waals surface area contributed by atoms with Crippen LogP contribution in [0.25, 0.3) is 0 Å². The van der Waals surface area contributed by atoms with Crippen LogP contribution in [0.15, 0.2) is 12.4 Å². The number of aromatic nitrogens is 2. The van der Waals surface area contributed by atoms with Gasteiger partial charge < -0.3 is 18.7 Å². The van der Waals surface area contributed by atoms with Gasteiger partial charge in [-0.1, -0.05) is 0 Å². The summed E-state index contributed by atoms with van der Waals surface area (Å²) in [5.41, 5.74) is 0. The van der Waals surface area contributed by atoms with Crippen molar-refractivity contribution in [3.63, 3.8) is 0 Å². The fraction of sp³-hybridized carbons (Fsp3) is 0.692. The van der Waals surface area contributed by atoms with Crippen molar-refractivity contribution >= 4 is 24.4 Å². The Morgan fingerprint density at radius 3 is 2.64 bits per heavy atom. The molecule has 1 saturated carbocycles. The van der Waals surface area contributed by atoms with Crippen molar-refractivity contribution in [1.82, 2.24) is 15.1 Å². The molecule has 1 aliphatic heterocycles. The van der Waals surface area contributed by atoms with Crippen molar-refractivity contribution in [2.45, 2.75) is 25.8 Å². The smallest absolute Gasteiger partial charge is 0.313 e. The van der Waals surface area contributed by atoms with Crippen LogP contribution in [-0.2, 0) is 21.1 Å². The van der Waals surface area contributed by atoms with Crippen LogP contribution in [0.2, 0.25) is 0 Å². The van der Waals surface area contributed by atoms with Crippen molar-refractivity contribution in [1.29, 1.82) is 0 Å². The maximum atomic E-state index is 5.86. The molecule has 9 heteroatoms. The predicted octanol–water partition coefficient (Wildman–Crippen LogP) is 1.71. The Labute approximate surface area is 135 Å². The molecule has 0 aromatic carbocycles. The Morgan fingerprint density at radius 1 is 1.36 bits per heavy atom. The molecule has 1 saturated heterocycles. The molecule has 1 unspecified atom stereocenters. The SMILES string of the molecule is CCOP(=S)(NC1CC1)Oc1cnc(N2CCOCC2)nc1. The van der Waals surface area contributed by atoms with Crippen LogP contribution < -0.4 is 14.5 Å². The van der Waals surface area contributed by atoms with E-state index in [0.29, 0.717) is 37.6 Å². The van der Waals surface area contributed by atoms with E-state index in [1.165, 1.54) is 0 Å². The van der Waals surface area contributed by atoms with Crippen molar-refractivity contribution in [3.05, 3.63) is 12.4 Å². The molecule has 1 aliphatic carbocycles. The first-order valence-corrected chi connectivity index (χ1v) is 10.2. The van der Waals surface area contributed by atoms with Gasteiger partial charge in [0.1, 0.15) is 0 Å². The summed E-state index contributed by atoms with van der Waals surface area (Å²) in [6, 6.07) is 0.422. The average Bonchev–Trinajstić information content (AvgIpc) is 3.32. The van der Waals surface area contributed by atoms with Gasteiger partial charge in [-0.3, -0.25) is 0 Å². The summed E-state index contributed by atoms with van der Waals surface area (Å²) in [7, 11) is 0. The van der Waals surface area contributed by atoms with E-state index >= 15 is 0 Å². The number of rotatable bonds is 7. The fourth-order valence-corrected chi connectivity index (χ4v) is 4.74. The van der Waals surface area contributed by atoms with Crippen molar-refractivity contribution in [2.75, 3.05) is 37.8 Å². The number of nitrogens with one attached hydrogen (secondary N) is 1. The van der Waals surface area contributed by atoms with E-state index in [0.717, 1.165) is 25.9 Å². The van der Waals surface area contributed by atoms with Crippen molar-refractivity contribution in [3.8, 4) is 5.75 Å². The lowest BCUT2D eigenvalue weighted by Gasteiger charge is -2.27. The minimum absolute atomic E-state index is 0.422. The summed E-state index contributed by atoms with van der Waals surface area (Å²) in [6.07, 6.45) is 5.57. The van der Waals surface area contributed by atoms with Gasteiger partial charge in [-0.25, -0.2) is 15.1 Å². The topological polar surface area (TPSA) is 68.7 Å². The third-order valence-corrected chi connectivity index (χ3v) is 5.94. The third-order valence-electron chi connectivity index (χ3n) is 3.35. The van der Waals surface area contributed by atoms with E-state index in [9.17, 15) is 0 Å². The first kappa shape index (κ1) is 16.1. The minimum atomic E-state index is -2.51. The molecular formula is C13H21N4O3PS. The number of ether oxygens (including phenoxy) is 1.